The molecule has 1 aliphatic heterocycles. The second-order valence-electron chi connectivity index (χ2n) is 12.9. The molecule has 0 aromatic heterocycles. The Morgan fingerprint density at radius 1 is 0.957 bits per heavy atom. The maximum Gasteiger partial charge on any atom is 0.405 e. The van der Waals surface area contributed by atoms with E-state index in [1.54, 1.807) is 36.4 Å². The Bertz CT molecular complexity index is 1570. The van der Waals surface area contributed by atoms with Crippen molar-refractivity contribution >= 4 is 15.6 Å². The number of rotatable bonds is 11. The van der Waals surface area contributed by atoms with Gasteiger partial charge in [-0.2, -0.15) is 13.2 Å². The molecule has 2 aliphatic rings. The van der Waals surface area contributed by atoms with Crippen molar-refractivity contribution in [1.82, 2.24) is 10.2 Å². The predicted molar refractivity (Wildman–Crippen MR) is 172 cm³/mol. The van der Waals surface area contributed by atoms with E-state index < -0.39 is 22.1 Å². The second-order valence-corrected chi connectivity index (χ2v) is 15.0. The molecule has 5 nitrogen and oxygen atoms in total. The molecule has 1 heterocycles. The summed E-state index contributed by atoms with van der Waals surface area (Å²) in [6, 6.07) is 19.4. The topological polar surface area (TPSA) is 66.5 Å². The van der Waals surface area contributed by atoms with Crippen LogP contribution in [0.1, 0.15) is 56.1 Å². The van der Waals surface area contributed by atoms with Crippen molar-refractivity contribution in [2.45, 2.75) is 68.5 Å². The van der Waals surface area contributed by atoms with Gasteiger partial charge in [0.05, 0.1) is 10.6 Å². The van der Waals surface area contributed by atoms with E-state index in [0.29, 0.717) is 58.2 Å². The quantitative estimate of drug-likeness (QED) is 0.221. The molecule has 10 heteroatoms. The number of carbonyl (C=O) groups is 1. The van der Waals surface area contributed by atoms with Crippen LogP contribution < -0.4 is 5.32 Å². The van der Waals surface area contributed by atoms with Gasteiger partial charge in [-0.1, -0.05) is 55.5 Å². The number of Topliss-reactive ketones (excluding diaryl/α,β-unsaturated/α-hetero) is 1. The standard InChI is InChI=1S/C36H42F4N2O3S/c1-25(28-9-13-32(37)14-10-28)21-34(43)30-7-5-27(6-8-30)24-46(44,45)33-15-11-29(12-16-33)31-4-2-3-26(22-31)17-19-42-20-18-41-35(23-42)36(38,39)40/h2-4,9-16,22,25,27,30,35,41H,5-8,17-21,23-24H2,1H3/t25-,27?,30?,35?/m0/s1. The number of sulfone groups is 1. The highest BCUT2D eigenvalue weighted by atomic mass is 32.2. The molecule has 2 fully saturated rings. The van der Waals surface area contributed by atoms with Crippen LogP contribution >= 0.6 is 0 Å². The van der Waals surface area contributed by atoms with E-state index in [2.05, 4.69) is 5.32 Å². The summed E-state index contributed by atoms with van der Waals surface area (Å²) in [7, 11) is -3.51. The third-order valence-corrected chi connectivity index (χ3v) is 11.4. The lowest BCUT2D eigenvalue weighted by molar-refractivity contribution is -0.164. The Balaban J connectivity index is 1.11. The summed E-state index contributed by atoms with van der Waals surface area (Å²) in [5.41, 5.74) is 3.74. The average molecular weight is 659 g/mol. The number of benzene rings is 3. The first-order chi connectivity index (χ1) is 21.9. The van der Waals surface area contributed by atoms with Gasteiger partial charge in [0.2, 0.25) is 0 Å². The van der Waals surface area contributed by atoms with E-state index in [0.717, 1.165) is 22.3 Å². The monoisotopic (exact) mass is 658 g/mol. The molecule has 0 radical (unpaired) electrons. The maximum atomic E-state index is 13.3. The Kier molecular flexibility index (Phi) is 11.0. The third kappa shape index (κ3) is 9.04. The molecule has 1 saturated carbocycles. The third-order valence-electron chi connectivity index (χ3n) is 9.55. The van der Waals surface area contributed by atoms with Crippen molar-refractivity contribution in [3.05, 3.63) is 89.7 Å². The fourth-order valence-corrected chi connectivity index (χ4v) is 8.41. The molecule has 0 spiro atoms. The van der Waals surface area contributed by atoms with Gasteiger partial charge in [0, 0.05) is 38.5 Å². The lowest BCUT2D eigenvalue weighted by Gasteiger charge is -2.34. The van der Waals surface area contributed by atoms with E-state index in [4.69, 9.17) is 0 Å². The number of alkyl halides is 3. The molecule has 1 saturated heterocycles. The zero-order valence-corrected chi connectivity index (χ0v) is 26.9. The van der Waals surface area contributed by atoms with Crippen molar-refractivity contribution in [1.29, 1.82) is 0 Å². The fraction of sp³-hybridized carbons (Fsp3) is 0.472. The Hall–Kier alpha value is -3.08. The average Bonchev–Trinajstić information content (AvgIpc) is 3.04. The number of hydrogen-bond donors (Lipinski definition) is 1. The largest absolute Gasteiger partial charge is 0.405 e. The highest BCUT2D eigenvalue weighted by Gasteiger charge is 2.41. The Morgan fingerprint density at radius 2 is 1.65 bits per heavy atom. The molecule has 248 valence electrons. The molecule has 3 aromatic rings. The van der Waals surface area contributed by atoms with Crippen LogP contribution in [0.2, 0.25) is 0 Å². The minimum atomic E-state index is -4.26. The summed E-state index contributed by atoms with van der Waals surface area (Å²) >= 11 is 0. The molecule has 1 unspecified atom stereocenters. The molecule has 46 heavy (non-hydrogen) atoms. The first-order valence-corrected chi connectivity index (χ1v) is 17.8. The van der Waals surface area contributed by atoms with E-state index in [-0.39, 0.29) is 46.5 Å². The SMILES string of the molecule is C[C@@H](CC(=O)C1CCC(CS(=O)(=O)c2ccc(-c3cccc(CCN4CCNC(C(F)(F)F)C4)c3)cc2)CC1)c1ccc(F)cc1. The molecular formula is C36H42F4N2O3S. The van der Waals surface area contributed by atoms with E-state index >= 15 is 0 Å². The number of piperazine rings is 1. The maximum absolute atomic E-state index is 13.3. The molecular weight excluding hydrogens is 616 g/mol. The highest BCUT2D eigenvalue weighted by molar-refractivity contribution is 7.91. The minimum absolute atomic E-state index is 0.00188. The Morgan fingerprint density at radius 3 is 2.33 bits per heavy atom. The molecule has 2 atom stereocenters. The zero-order valence-electron chi connectivity index (χ0n) is 26.1. The van der Waals surface area contributed by atoms with Gasteiger partial charge in [-0.25, -0.2) is 12.8 Å². The number of nitrogens with zero attached hydrogens (tertiary/aromatic N) is 1. The lowest BCUT2D eigenvalue weighted by atomic mass is 9.78. The molecule has 1 N–H and O–H groups in total. The minimum Gasteiger partial charge on any atom is -0.304 e. The molecule has 0 amide bonds. The van der Waals surface area contributed by atoms with Crippen LogP contribution in [0.25, 0.3) is 11.1 Å². The van der Waals surface area contributed by atoms with E-state index in [9.17, 15) is 30.8 Å². The summed E-state index contributed by atoms with van der Waals surface area (Å²) in [6.45, 7) is 3.31. The van der Waals surface area contributed by atoms with Crippen molar-refractivity contribution in [3.63, 3.8) is 0 Å². The van der Waals surface area contributed by atoms with Crippen LogP contribution in [0.5, 0.6) is 0 Å². The van der Waals surface area contributed by atoms with Gasteiger partial charge in [0.25, 0.3) is 0 Å². The zero-order chi connectivity index (χ0) is 32.9. The van der Waals surface area contributed by atoms with Gasteiger partial charge in [-0.05, 0) is 90.5 Å². The van der Waals surface area contributed by atoms with Crippen LogP contribution in [-0.4, -0.2) is 63.3 Å². The first kappa shape index (κ1) is 34.3. The summed E-state index contributed by atoms with van der Waals surface area (Å²) in [5, 5.41) is 2.54. The highest BCUT2D eigenvalue weighted by Crippen LogP contribution is 2.34. The smallest absolute Gasteiger partial charge is 0.304 e. The number of carbonyl (C=O) groups excluding carboxylic acids is 1. The van der Waals surface area contributed by atoms with Gasteiger partial charge >= 0.3 is 6.18 Å². The normalized spacial score (nSPS) is 22.0. The van der Waals surface area contributed by atoms with Crippen LogP contribution in [0, 0.1) is 17.7 Å². The van der Waals surface area contributed by atoms with Crippen molar-refractivity contribution in [2.75, 3.05) is 31.9 Å². The summed E-state index contributed by atoms with van der Waals surface area (Å²) in [6.07, 6.45) is -0.500. The predicted octanol–water partition coefficient (Wildman–Crippen LogP) is 7.21. The summed E-state index contributed by atoms with van der Waals surface area (Å²) in [4.78, 5) is 15.1. The van der Waals surface area contributed by atoms with Crippen LogP contribution in [-0.2, 0) is 21.1 Å². The molecule has 3 aromatic carbocycles. The van der Waals surface area contributed by atoms with Crippen molar-refractivity contribution < 1.29 is 30.8 Å². The Labute approximate surface area is 269 Å². The number of nitrogens with one attached hydrogen (secondary N) is 1. The molecule has 0 bridgehead atoms. The molecule has 1 aliphatic carbocycles. The molecule has 5 rings (SSSR count). The van der Waals surface area contributed by atoms with Crippen LogP contribution in [0.15, 0.2) is 77.7 Å². The van der Waals surface area contributed by atoms with Crippen LogP contribution in [0.4, 0.5) is 17.6 Å². The van der Waals surface area contributed by atoms with E-state index in [1.807, 2.05) is 36.1 Å². The fourth-order valence-electron chi connectivity index (χ4n) is 6.72. The number of halogens is 4. The van der Waals surface area contributed by atoms with Crippen molar-refractivity contribution in [2.24, 2.45) is 11.8 Å². The van der Waals surface area contributed by atoms with Gasteiger partial charge in [-0.15, -0.1) is 0 Å². The van der Waals surface area contributed by atoms with Crippen molar-refractivity contribution in [3.8, 4) is 11.1 Å². The van der Waals surface area contributed by atoms with Gasteiger partial charge in [0.1, 0.15) is 17.6 Å². The van der Waals surface area contributed by atoms with Crippen LogP contribution in [0.3, 0.4) is 0 Å². The lowest BCUT2D eigenvalue weighted by Crippen LogP contribution is -2.57. The van der Waals surface area contributed by atoms with Gasteiger partial charge in [-0.3, -0.25) is 9.69 Å². The van der Waals surface area contributed by atoms with E-state index in [1.165, 1.54) is 12.1 Å². The van der Waals surface area contributed by atoms with Gasteiger partial charge in [0.15, 0.2) is 9.84 Å². The summed E-state index contributed by atoms with van der Waals surface area (Å²) in [5.74, 6) is -0.116. The second kappa shape index (κ2) is 14.8. The summed E-state index contributed by atoms with van der Waals surface area (Å²) < 4.78 is 79.2. The number of hydrogen-bond acceptors (Lipinski definition) is 5. The van der Waals surface area contributed by atoms with Gasteiger partial charge < -0.3 is 5.32 Å². The first-order valence-electron chi connectivity index (χ1n) is 16.1. The number of ketones is 1.